The number of fused-ring (bicyclic) bond motifs is 1. The standard InChI is InChI=1S/C13H13BN4O/c14-8-19-11-3-1-2-10-9(11)5-7-18(10)12-4-6-16-13(15)17-12/h1-7H,8,14H2,(H2,15,16,17). The normalized spacial score (nSPS) is 10.7. The minimum Gasteiger partial charge on any atom is -0.502 e. The number of anilines is 1. The number of ether oxygens (including phenoxy) is 1. The zero-order valence-corrected chi connectivity index (χ0v) is 10.6. The van der Waals surface area contributed by atoms with E-state index in [1.54, 1.807) is 6.20 Å². The SMILES string of the molecule is BCOc1cccc2c1ccn2-c1ccnc(N)n1. The summed E-state index contributed by atoms with van der Waals surface area (Å²) in [7, 11) is 1.97. The van der Waals surface area contributed by atoms with E-state index in [2.05, 4.69) is 9.97 Å². The first-order valence-corrected chi connectivity index (χ1v) is 6.11. The Morgan fingerprint density at radius 1 is 1.26 bits per heavy atom. The van der Waals surface area contributed by atoms with E-state index in [-0.39, 0.29) is 5.95 Å². The molecule has 94 valence electrons. The van der Waals surface area contributed by atoms with E-state index in [0.717, 1.165) is 22.5 Å². The maximum Gasteiger partial charge on any atom is 0.221 e. The van der Waals surface area contributed by atoms with Crippen LogP contribution in [-0.2, 0) is 0 Å². The Kier molecular flexibility index (Phi) is 2.83. The second-order valence-corrected chi connectivity index (χ2v) is 4.08. The van der Waals surface area contributed by atoms with Gasteiger partial charge in [0.1, 0.15) is 11.6 Å². The van der Waals surface area contributed by atoms with E-state index in [0.29, 0.717) is 6.51 Å². The van der Waals surface area contributed by atoms with Crippen molar-refractivity contribution in [2.45, 2.75) is 0 Å². The molecule has 2 aromatic heterocycles. The van der Waals surface area contributed by atoms with Gasteiger partial charge in [-0.2, -0.15) is 4.98 Å². The van der Waals surface area contributed by atoms with Crippen molar-refractivity contribution >= 4 is 24.7 Å². The first-order chi connectivity index (χ1) is 9.29. The molecule has 0 saturated heterocycles. The van der Waals surface area contributed by atoms with Gasteiger partial charge in [0.15, 0.2) is 7.85 Å². The van der Waals surface area contributed by atoms with Gasteiger partial charge < -0.3 is 15.0 Å². The molecule has 0 aliphatic heterocycles. The van der Waals surface area contributed by atoms with Gasteiger partial charge in [-0.15, -0.1) is 0 Å². The molecular formula is C13H13BN4O. The lowest BCUT2D eigenvalue weighted by atomic mass is 10.2. The van der Waals surface area contributed by atoms with E-state index in [1.165, 1.54) is 0 Å². The van der Waals surface area contributed by atoms with Crippen LogP contribution in [-0.4, -0.2) is 28.9 Å². The van der Waals surface area contributed by atoms with Crippen LogP contribution in [0.1, 0.15) is 0 Å². The van der Waals surface area contributed by atoms with E-state index in [1.807, 2.05) is 48.9 Å². The van der Waals surface area contributed by atoms with Crippen molar-refractivity contribution in [1.29, 1.82) is 0 Å². The largest absolute Gasteiger partial charge is 0.502 e. The van der Waals surface area contributed by atoms with Crippen LogP contribution in [0.25, 0.3) is 16.7 Å². The van der Waals surface area contributed by atoms with E-state index in [9.17, 15) is 0 Å². The minimum atomic E-state index is 0.264. The Balaban J connectivity index is 2.18. The van der Waals surface area contributed by atoms with E-state index >= 15 is 0 Å². The van der Waals surface area contributed by atoms with Crippen LogP contribution in [0.15, 0.2) is 42.7 Å². The maximum atomic E-state index is 5.63. The highest BCUT2D eigenvalue weighted by atomic mass is 16.5. The van der Waals surface area contributed by atoms with Gasteiger partial charge in [-0.3, -0.25) is 0 Å². The van der Waals surface area contributed by atoms with Crippen LogP contribution >= 0.6 is 0 Å². The summed E-state index contributed by atoms with van der Waals surface area (Å²) in [4.78, 5) is 8.14. The highest BCUT2D eigenvalue weighted by Crippen LogP contribution is 2.28. The van der Waals surface area contributed by atoms with Gasteiger partial charge in [0.2, 0.25) is 5.95 Å². The zero-order valence-electron chi connectivity index (χ0n) is 10.6. The van der Waals surface area contributed by atoms with Crippen molar-refractivity contribution in [3.63, 3.8) is 0 Å². The predicted octanol–water partition coefficient (Wildman–Crippen LogP) is 0.972. The van der Waals surface area contributed by atoms with Gasteiger partial charge in [0.25, 0.3) is 0 Å². The Hall–Kier alpha value is -2.50. The summed E-state index contributed by atoms with van der Waals surface area (Å²) in [6, 6.07) is 9.79. The number of rotatable bonds is 3. The molecule has 0 spiro atoms. The molecule has 1 aromatic carbocycles. The molecule has 0 unspecified atom stereocenters. The van der Waals surface area contributed by atoms with Crippen molar-refractivity contribution in [2.24, 2.45) is 0 Å². The monoisotopic (exact) mass is 252 g/mol. The average Bonchev–Trinajstić information content (AvgIpc) is 2.84. The van der Waals surface area contributed by atoms with Gasteiger partial charge in [-0.1, -0.05) is 6.07 Å². The summed E-state index contributed by atoms with van der Waals surface area (Å²) in [5, 5.41) is 1.06. The number of nitrogens with zero attached hydrogens (tertiary/aromatic N) is 3. The number of nitrogen functional groups attached to an aromatic ring is 1. The summed E-state index contributed by atoms with van der Waals surface area (Å²) in [5.74, 6) is 1.89. The topological polar surface area (TPSA) is 66.0 Å². The Labute approximate surface area is 111 Å². The number of aromatic nitrogens is 3. The molecule has 5 nitrogen and oxygen atoms in total. The molecular weight excluding hydrogens is 239 g/mol. The van der Waals surface area contributed by atoms with Gasteiger partial charge >= 0.3 is 0 Å². The fourth-order valence-corrected chi connectivity index (χ4v) is 2.12. The fraction of sp³-hybridized carbons (Fsp3) is 0.0769. The number of hydrogen-bond donors (Lipinski definition) is 1. The summed E-state index contributed by atoms with van der Waals surface area (Å²) in [6.07, 6.45) is 3.60. The lowest BCUT2D eigenvalue weighted by Gasteiger charge is -2.07. The quantitative estimate of drug-likeness (QED) is 0.705. The summed E-state index contributed by atoms with van der Waals surface area (Å²) >= 11 is 0. The third-order valence-corrected chi connectivity index (χ3v) is 2.90. The summed E-state index contributed by atoms with van der Waals surface area (Å²) < 4.78 is 7.59. The lowest BCUT2D eigenvalue weighted by Crippen LogP contribution is -2.01. The van der Waals surface area contributed by atoms with Crippen molar-refractivity contribution in [3.05, 3.63) is 42.7 Å². The number of benzene rings is 1. The van der Waals surface area contributed by atoms with Gasteiger partial charge in [-0.25, -0.2) is 4.98 Å². The van der Waals surface area contributed by atoms with Crippen molar-refractivity contribution in [1.82, 2.24) is 14.5 Å². The molecule has 0 amide bonds. The molecule has 6 heteroatoms. The molecule has 19 heavy (non-hydrogen) atoms. The van der Waals surface area contributed by atoms with Crippen molar-refractivity contribution in [2.75, 3.05) is 12.2 Å². The summed E-state index contributed by atoms with van der Waals surface area (Å²) in [5.41, 5.74) is 6.66. The average molecular weight is 252 g/mol. The molecule has 0 fully saturated rings. The second-order valence-electron chi connectivity index (χ2n) is 4.08. The molecule has 0 atom stereocenters. The third kappa shape index (κ3) is 2.01. The van der Waals surface area contributed by atoms with E-state index in [4.69, 9.17) is 10.5 Å². The Morgan fingerprint density at radius 3 is 2.95 bits per heavy atom. The molecule has 0 saturated carbocycles. The smallest absolute Gasteiger partial charge is 0.221 e. The van der Waals surface area contributed by atoms with Gasteiger partial charge in [-0.05, 0) is 24.3 Å². The molecule has 3 rings (SSSR count). The van der Waals surface area contributed by atoms with Crippen LogP contribution in [0.3, 0.4) is 0 Å². The van der Waals surface area contributed by atoms with Gasteiger partial charge in [0.05, 0.1) is 12.0 Å². The fourth-order valence-electron chi connectivity index (χ4n) is 2.12. The Bertz CT molecular complexity index is 725. The molecule has 0 aliphatic rings. The van der Waals surface area contributed by atoms with Gasteiger partial charge in [0, 0.05) is 17.8 Å². The molecule has 0 radical (unpaired) electrons. The maximum absolute atomic E-state index is 5.63. The first kappa shape index (κ1) is 11.6. The highest BCUT2D eigenvalue weighted by molar-refractivity contribution is 6.08. The van der Waals surface area contributed by atoms with Crippen LogP contribution in [0.4, 0.5) is 5.95 Å². The molecule has 0 aliphatic carbocycles. The zero-order chi connectivity index (χ0) is 13.2. The van der Waals surface area contributed by atoms with Crippen molar-refractivity contribution in [3.8, 4) is 11.6 Å². The van der Waals surface area contributed by atoms with Crippen molar-refractivity contribution < 1.29 is 4.74 Å². The highest BCUT2D eigenvalue weighted by Gasteiger charge is 2.08. The summed E-state index contributed by atoms with van der Waals surface area (Å²) in [6.45, 7) is 0.644. The van der Waals surface area contributed by atoms with Crippen LogP contribution in [0.5, 0.6) is 5.75 Å². The van der Waals surface area contributed by atoms with Crippen LogP contribution < -0.4 is 10.5 Å². The molecule has 3 aromatic rings. The first-order valence-electron chi connectivity index (χ1n) is 6.11. The molecule has 0 bridgehead atoms. The minimum absolute atomic E-state index is 0.264. The number of nitrogens with two attached hydrogens (primary N) is 1. The van der Waals surface area contributed by atoms with E-state index < -0.39 is 0 Å². The lowest BCUT2D eigenvalue weighted by molar-refractivity contribution is 0.392. The van der Waals surface area contributed by atoms with Crippen LogP contribution in [0.2, 0.25) is 0 Å². The predicted molar refractivity (Wildman–Crippen MR) is 77.3 cm³/mol. The molecule has 2 N–H and O–H groups in total. The van der Waals surface area contributed by atoms with Crippen LogP contribution in [0, 0.1) is 0 Å². The number of hydrogen-bond acceptors (Lipinski definition) is 4. The second kappa shape index (κ2) is 4.64. The third-order valence-electron chi connectivity index (χ3n) is 2.90. The molecule has 2 heterocycles. The Morgan fingerprint density at radius 2 is 2.16 bits per heavy atom.